The lowest BCUT2D eigenvalue weighted by Crippen LogP contribution is -2.36. The fraction of sp³-hybridized carbons (Fsp3) is 0.464. The molecule has 36 heavy (non-hydrogen) atoms. The van der Waals surface area contributed by atoms with E-state index in [9.17, 15) is 4.79 Å². The maximum atomic E-state index is 13.1. The predicted molar refractivity (Wildman–Crippen MR) is 147 cm³/mol. The van der Waals surface area contributed by atoms with Gasteiger partial charge in [0.05, 0.1) is 23.1 Å². The summed E-state index contributed by atoms with van der Waals surface area (Å²) in [5.74, 6) is 0.719. The van der Waals surface area contributed by atoms with Gasteiger partial charge in [-0.15, -0.1) is 11.3 Å². The van der Waals surface area contributed by atoms with Gasteiger partial charge in [-0.1, -0.05) is 38.0 Å². The molecule has 4 heterocycles. The Kier molecular flexibility index (Phi) is 8.01. The van der Waals surface area contributed by atoms with Gasteiger partial charge >= 0.3 is 0 Å². The SMILES string of the molecule is CCCCC(Cc1c[nH]c2ccccc12)NC(=O)c1cnc(CCC2CCN(c3cn[nH]c3)CC2)s1. The van der Waals surface area contributed by atoms with E-state index in [1.54, 1.807) is 17.5 Å². The van der Waals surface area contributed by atoms with E-state index in [1.807, 2.05) is 18.5 Å². The van der Waals surface area contributed by atoms with Crippen LogP contribution in [0.15, 0.2) is 49.1 Å². The number of aromatic nitrogens is 4. The lowest BCUT2D eigenvalue weighted by atomic mass is 9.92. The Bertz CT molecular complexity index is 1240. The number of fused-ring (bicyclic) bond motifs is 1. The molecule has 1 atom stereocenters. The Morgan fingerprint density at radius 1 is 1.22 bits per heavy atom. The molecule has 0 spiro atoms. The molecule has 1 fully saturated rings. The van der Waals surface area contributed by atoms with Gasteiger partial charge in [-0.05, 0) is 56.1 Å². The number of carbonyl (C=O) groups excluding carboxylic acids is 1. The number of hydrogen-bond donors (Lipinski definition) is 3. The van der Waals surface area contributed by atoms with E-state index >= 15 is 0 Å². The number of aromatic amines is 2. The van der Waals surface area contributed by atoms with Crippen molar-refractivity contribution in [3.63, 3.8) is 0 Å². The minimum atomic E-state index is 0.00751. The maximum absolute atomic E-state index is 13.1. The number of anilines is 1. The van der Waals surface area contributed by atoms with Gasteiger partial charge in [0.2, 0.25) is 0 Å². The Hall–Kier alpha value is -3.13. The second-order valence-electron chi connectivity index (χ2n) is 9.92. The first kappa shape index (κ1) is 24.6. The van der Waals surface area contributed by atoms with Crippen LogP contribution in [0.2, 0.25) is 0 Å². The number of amides is 1. The molecule has 1 unspecified atom stereocenters. The first-order valence-corrected chi connectivity index (χ1v) is 14.1. The number of piperidine rings is 1. The fourth-order valence-electron chi connectivity index (χ4n) is 5.25. The van der Waals surface area contributed by atoms with Gasteiger partial charge in [-0.2, -0.15) is 5.10 Å². The van der Waals surface area contributed by atoms with Crippen LogP contribution in [0.25, 0.3) is 10.9 Å². The van der Waals surface area contributed by atoms with Crippen molar-refractivity contribution in [2.75, 3.05) is 18.0 Å². The van der Waals surface area contributed by atoms with Crippen molar-refractivity contribution < 1.29 is 4.79 Å². The number of aryl methyl sites for hydroxylation is 1. The highest BCUT2D eigenvalue weighted by molar-refractivity contribution is 7.13. The summed E-state index contributed by atoms with van der Waals surface area (Å²) in [6.45, 7) is 4.35. The standard InChI is InChI=1S/C28H36N6OS/c1-2-3-6-22(15-21-16-29-25-8-5-4-7-24(21)25)33-28(35)26-19-30-27(36-26)10-9-20-11-13-34(14-12-20)23-17-31-32-18-23/h4-5,7-8,16-20,22,29H,2-3,6,9-15H2,1H3,(H,31,32)(H,33,35). The molecule has 0 aliphatic carbocycles. The van der Waals surface area contributed by atoms with E-state index in [-0.39, 0.29) is 11.9 Å². The van der Waals surface area contributed by atoms with E-state index in [4.69, 9.17) is 0 Å². The molecule has 1 amide bonds. The second-order valence-corrected chi connectivity index (χ2v) is 11.0. The molecule has 1 saturated heterocycles. The highest BCUT2D eigenvalue weighted by Crippen LogP contribution is 2.27. The minimum absolute atomic E-state index is 0.00751. The Morgan fingerprint density at radius 2 is 2.08 bits per heavy atom. The Morgan fingerprint density at radius 3 is 2.89 bits per heavy atom. The fourth-order valence-corrected chi connectivity index (χ4v) is 6.09. The quantitative estimate of drug-likeness (QED) is 0.243. The molecule has 3 N–H and O–H groups in total. The van der Waals surface area contributed by atoms with Crippen LogP contribution in [0.4, 0.5) is 5.69 Å². The van der Waals surface area contributed by atoms with Gasteiger partial charge in [0.25, 0.3) is 5.91 Å². The average molecular weight is 505 g/mol. The minimum Gasteiger partial charge on any atom is -0.369 e. The van der Waals surface area contributed by atoms with Crippen LogP contribution < -0.4 is 10.2 Å². The third kappa shape index (κ3) is 5.98. The highest BCUT2D eigenvalue weighted by atomic mass is 32.1. The molecule has 7 nitrogen and oxygen atoms in total. The molecule has 3 aromatic heterocycles. The second kappa shape index (κ2) is 11.7. The first-order valence-electron chi connectivity index (χ1n) is 13.2. The molecule has 4 aromatic rings. The number of carbonyl (C=O) groups is 1. The van der Waals surface area contributed by atoms with Gasteiger partial charge in [-0.3, -0.25) is 9.89 Å². The van der Waals surface area contributed by atoms with E-state index in [0.29, 0.717) is 5.92 Å². The third-order valence-corrected chi connectivity index (χ3v) is 8.45. The summed E-state index contributed by atoms with van der Waals surface area (Å²) in [6.07, 6.45) is 16.2. The van der Waals surface area contributed by atoms with Crippen LogP contribution in [0.5, 0.6) is 0 Å². The number of rotatable bonds is 11. The molecular weight excluding hydrogens is 468 g/mol. The van der Waals surface area contributed by atoms with Crippen molar-refractivity contribution in [1.82, 2.24) is 25.5 Å². The zero-order valence-electron chi connectivity index (χ0n) is 21.0. The van der Waals surface area contributed by atoms with E-state index in [1.165, 1.54) is 29.5 Å². The van der Waals surface area contributed by atoms with Crippen LogP contribution in [0.3, 0.4) is 0 Å². The molecule has 5 rings (SSSR count). The normalized spacial score (nSPS) is 15.4. The highest BCUT2D eigenvalue weighted by Gasteiger charge is 2.21. The van der Waals surface area contributed by atoms with Crippen LogP contribution >= 0.6 is 11.3 Å². The molecule has 1 aliphatic heterocycles. The van der Waals surface area contributed by atoms with Crippen LogP contribution in [-0.4, -0.2) is 45.2 Å². The first-order chi connectivity index (χ1) is 17.7. The van der Waals surface area contributed by atoms with Crippen molar-refractivity contribution >= 4 is 33.8 Å². The van der Waals surface area contributed by atoms with Gasteiger partial charge in [-0.25, -0.2) is 4.98 Å². The summed E-state index contributed by atoms with van der Waals surface area (Å²) in [7, 11) is 0. The number of hydrogen-bond acceptors (Lipinski definition) is 5. The Balaban J connectivity index is 1.13. The van der Waals surface area contributed by atoms with Crippen molar-refractivity contribution in [3.05, 3.63) is 64.5 Å². The number of nitrogens with one attached hydrogen (secondary N) is 3. The third-order valence-electron chi connectivity index (χ3n) is 7.39. The monoisotopic (exact) mass is 504 g/mol. The largest absolute Gasteiger partial charge is 0.369 e. The number of benzene rings is 1. The summed E-state index contributed by atoms with van der Waals surface area (Å²) < 4.78 is 0. The van der Waals surface area contributed by atoms with Gasteiger partial charge < -0.3 is 15.2 Å². The maximum Gasteiger partial charge on any atom is 0.263 e. The van der Waals surface area contributed by atoms with Crippen LogP contribution in [0, 0.1) is 5.92 Å². The summed E-state index contributed by atoms with van der Waals surface area (Å²) in [6, 6.07) is 8.48. The van der Waals surface area contributed by atoms with Crippen molar-refractivity contribution in [3.8, 4) is 0 Å². The van der Waals surface area contributed by atoms with Gasteiger partial charge in [0.1, 0.15) is 4.88 Å². The molecular formula is C28H36N6OS. The van der Waals surface area contributed by atoms with Crippen molar-refractivity contribution in [1.29, 1.82) is 0 Å². The molecule has 190 valence electrons. The summed E-state index contributed by atoms with van der Waals surface area (Å²) in [4.78, 5) is 24.2. The number of para-hydroxylation sites is 1. The molecule has 1 aromatic carbocycles. The Labute approximate surface area is 216 Å². The van der Waals surface area contributed by atoms with Gasteiger partial charge in [0.15, 0.2) is 0 Å². The van der Waals surface area contributed by atoms with Gasteiger partial charge in [0, 0.05) is 42.4 Å². The van der Waals surface area contributed by atoms with E-state index in [2.05, 4.69) is 61.7 Å². The predicted octanol–water partition coefficient (Wildman–Crippen LogP) is 5.73. The number of nitrogens with zero attached hydrogens (tertiary/aromatic N) is 3. The molecule has 0 bridgehead atoms. The lowest BCUT2D eigenvalue weighted by molar-refractivity contribution is 0.0938. The number of H-pyrrole nitrogens is 2. The summed E-state index contributed by atoms with van der Waals surface area (Å²) in [5.41, 5.74) is 3.59. The van der Waals surface area contributed by atoms with Crippen molar-refractivity contribution in [2.24, 2.45) is 5.92 Å². The van der Waals surface area contributed by atoms with E-state index in [0.717, 1.165) is 67.0 Å². The van der Waals surface area contributed by atoms with Crippen molar-refractivity contribution in [2.45, 2.75) is 64.3 Å². The summed E-state index contributed by atoms with van der Waals surface area (Å²) in [5, 5.41) is 12.6. The zero-order chi connectivity index (χ0) is 24.7. The smallest absolute Gasteiger partial charge is 0.263 e. The molecule has 0 saturated carbocycles. The average Bonchev–Trinajstić information content (AvgIpc) is 3.68. The zero-order valence-corrected chi connectivity index (χ0v) is 21.8. The van der Waals surface area contributed by atoms with Crippen LogP contribution in [0.1, 0.15) is 65.7 Å². The molecule has 8 heteroatoms. The van der Waals surface area contributed by atoms with E-state index < -0.39 is 0 Å². The van der Waals surface area contributed by atoms with Crippen LogP contribution in [-0.2, 0) is 12.8 Å². The topological polar surface area (TPSA) is 89.7 Å². The molecule has 0 radical (unpaired) electrons. The number of thiazole rings is 1. The number of unbranched alkanes of at least 4 members (excludes halogenated alkanes) is 1. The summed E-state index contributed by atoms with van der Waals surface area (Å²) >= 11 is 1.55. The molecule has 1 aliphatic rings. The lowest BCUT2D eigenvalue weighted by Gasteiger charge is -2.32.